The molecule has 2 N–H and O–H groups in total. The van der Waals surface area contributed by atoms with E-state index in [1.807, 2.05) is 31.2 Å². The van der Waals surface area contributed by atoms with Crippen LogP contribution >= 0.6 is 0 Å². The Labute approximate surface area is 131 Å². The molecule has 0 aliphatic carbocycles. The zero-order valence-corrected chi connectivity index (χ0v) is 13.1. The van der Waals surface area contributed by atoms with Crippen LogP contribution in [0.1, 0.15) is 19.8 Å². The second kappa shape index (κ2) is 7.89. The van der Waals surface area contributed by atoms with Crippen molar-refractivity contribution in [1.29, 1.82) is 0 Å². The maximum Gasteiger partial charge on any atom is 0.317 e. The van der Waals surface area contributed by atoms with Gasteiger partial charge in [0, 0.05) is 13.1 Å². The standard InChI is InChI=1S/C16H24N2O4/c1-12(11-22-15-6-4-3-5-14(15)21-2)17-16(20)18-9-7-13(19)8-10-18/h3-6,12-13,19H,7-11H2,1-2H3,(H,17,20). The van der Waals surface area contributed by atoms with Gasteiger partial charge in [-0.25, -0.2) is 4.79 Å². The number of ether oxygens (including phenoxy) is 2. The highest BCUT2D eigenvalue weighted by Gasteiger charge is 2.22. The van der Waals surface area contributed by atoms with Crippen molar-refractivity contribution in [1.82, 2.24) is 10.2 Å². The van der Waals surface area contributed by atoms with Crippen LogP contribution in [0.4, 0.5) is 4.79 Å². The summed E-state index contributed by atoms with van der Waals surface area (Å²) in [5, 5.41) is 12.4. The first kappa shape index (κ1) is 16.4. The number of hydrogen-bond acceptors (Lipinski definition) is 4. The molecule has 1 aliphatic heterocycles. The van der Waals surface area contributed by atoms with Gasteiger partial charge in [-0.05, 0) is 31.9 Å². The quantitative estimate of drug-likeness (QED) is 0.867. The highest BCUT2D eigenvalue weighted by Crippen LogP contribution is 2.25. The molecule has 1 aliphatic rings. The smallest absolute Gasteiger partial charge is 0.317 e. The van der Waals surface area contributed by atoms with Crippen LogP contribution < -0.4 is 14.8 Å². The number of carbonyl (C=O) groups excluding carboxylic acids is 1. The number of urea groups is 1. The predicted octanol–water partition coefficient (Wildman–Crippen LogP) is 1.63. The molecule has 1 aromatic rings. The van der Waals surface area contributed by atoms with Gasteiger partial charge in [-0.2, -0.15) is 0 Å². The molecule has 122 valence electrons. The van der Waals surface area contributed by atoms with Crippen LogP contribution in [0, 0.1) is 0 Å². The number of nitrogens with zero attached hydrogens (tertiary/aromatic N) is 1. The van der Waals surface area contributed by atoms with E-state index in [4.69, 9.17) is 9.47 Å². The molecular formula is C16H24N2O4. The van der Waals surface area contributed by atoms with E-state index in [1.54, 1.807) is 12.0 Å². The Hall–Kier alpha value is -1.95. The number of carbonyl (C=O) groups is 1. The minimum atomic E-state index is -0.282. The second-order valence-corrected chi connectivity index (χ2v) is 5.53. The zero-order chi connectivity index (χ0) is 15.9. The van der Waals surface area contributed by atoms with Gasteiger partial charge < -0.3 is 24.8 Å². The molecule has 1 unspecified atom stereocenters. The van der Waals surface area contributed by atoms with Crippen molar-refractivity contribution in [3.8, 4) is 11.5 Å². The van der Waals surface area contributed by atoms with Crippen molar-refractivity contribution in [3.05, 3.63) is 24.3 Å². The highest BCUT2D eigenvalue weighted by molar-refractivity contribution is 5.74. The fourth-order valence-electron chi connectivity index (χ4n) is 2.37. The molecule has 0 radical (unpaired) electrons. The van der Waals surface area contributed by atoms with Gasteiger partial charge in [0.25, 0.3) is 0 Å². The third-order valence-corrected chi connectivity index (χ3v) is 3.68. The number of likely N-dealkylation sites (tertiary alicyclic amines) is 1. The number of rotatable bonds is 5. The van der Waals surface area contributed by atoms with Crippen LogP contribution in [0.2, 0.25) is 0 Å². The molecule has 6 heteroatoms. The number of amides is 2. The first-order valence-corrected chi connectivity index (χ1v) is 7.59. The van der Waals surface area contributed by atoms with Crippen LogP contribution in [0.3, 0.4) is 0 Å². The van der Waals surface area contributed by atoms with E-state index in [2.05, 4.69) is 5.32 Å². The minimum Gasteiger partial charge on any atom is -0.493 e. The van der Waals surface area contributed by atoms with Crippen LogP contribution in [0.15, 0.2) is 24.3 Å². The fraction of sp³-hybridized carbons (Fsp3) is 0.562. The summed E-state index contributed by atoms with van der Waals surface area (Å²) in [5.41, 5.74) is 0. The number of piperidine rings is 1. The number of para-hydroxylation sites is 2. The Morgan fingerprint density at radius 2 is 2.00 bits per heavy atom. The van der Waals surface area contributed by atoms with Crippen molar-refractivity contribution in [2.75, 3.05) is 26.8 Å². The normalized spacial score (nSPS) is 17.0. The monoisotopic (exact) mass is 308 g/mol. The molecule has 0 bridgehead atoms. The van der Waals surface area contributed by atoms with E-state index in [1.165, 1.54) is 0 Å². The maximum atomic E-state index is 12.1. The Balaban J connectivity index is 1.77. The van der Waals surface area contributed by atoms with Crippen LogP contribution in [-0.2, 0) is 0 Å². The maximum absolute atomic E-state index is 12.1. The summed E-state index contributed by atoms with van der Waals surface area (Å²) in [6.07, 6.45) is 0.995. The SMILES string of the molecule is COc1ccccc1OCC(C)NC(=O)N1CCC(O)CC1. The molecule has 0 spiro atoms. The lowest BCUT2D eigenvalue weighted by molar-refractivity contribution is 0.0922. The molecule has 0 saturated carbocycles. The van der Waals surface area contributed by atoms with Gasteiger partial charge in [0.05, 0.1) is 19.3 Å². The van der Waals surface area contributed by atoms with Crippen LogP contribution in [-0.4, -0.2) is 55.0 Å². The Bertz CT molecular complexity index is 487. The Morgan fingerprint density at radius 3 is 2.64 bits per heavy atom. The van der Waals surface area contributed by atoms with Crippen LogP contribution in [0.25, 0.3) is 0 Å². The average Bonchev–Trinajstić information content (AvgIpc) is 2.53. The zero-order valence-electron chi connectivity index (χ0n) is 13.1. The number of methoxy groups -OCH3 is 1. The van der Waals surface area contributed by atoms with Gasteiger partial charge in [-0.3, -0.25) is 0 Å². The van der Waals surface area contributed by atoms with Gasteiger partial charge in [-0.15, -0.1) is 0 Å². The molecule has 1 saturated heterocycles. The van der Waals surface area contributed by atoms with Crippen molar-refractivity contribution in [2.45, 2.75) is 31.9 Å². The summed E-state index contributed by atoms with van der Waals surface area (Å²) in [6, 6.07) is 7.19. The predicted molar refractivity (Wildman–Crippen MR) is 83.3 cm³/mol. The third-order valence-electron chi connectivity index (χ3n) is 3.68. The van der Waals surface area contributed by atoms with Gasteiger partial charge in [0.15, 0.2) is 11.5 Å². The lowest BCUT2D eigenvalue weighted by Crippen LogP contribution is -2.49. The summed E-state index contributed by atoms with van der Waals surface area (Å²) in [4.78, 5) is 13.8. The number of nitrogens with one attached hydrogen (secondary N) is 1. The molecule has 2 rings (SSSR count). The van der Waals surface area contributed by atoms with Crippen molar-refractivity contribution in [2.24, 2.45) is 0 Å². The molecule has 6 nitrogen and oxygen atoms in total. The summed E-state index contributed by atoms with van der Waals surface area (Å²) in [7, 11) is 1.60. The van der Waals surface area contributed by atoms with Gasteiger partial charge in [0.1, 0.15) is 6.61 Å². The summed E-state index contributed by atoms with van der Waals surface area (Å²) < 4.78 is 10.9. The van der Waals surface area contributed by atoms with Gasteiger partial charge in [0.2, 0.25) is 0 Å². The van der Waals surface area contributed by atoms with E-state index in [9.17, 15) is 9.90 Å². The highest BCUT2D eigenvalue weighted by atomic mass is 16.5. The Kier molecular flexibility index (Phi) is 5.89. The molecule has 22 heavy (non-hydrogen) atoms. The fourth-order valence-corrected chi connectivity index (χ4v) is 2.37. The van der Waals surface area contributed by atoms with Crippen LogP contribution in [0.5, 0.6) is 11.5 Å². The topological polar surface area (TPSA) is 71.0 Å². The van der Waals surface area contributed by atoms with E-state index in [-0.39, 0.29) is 18.2 Å². The largest absolute Gasteiger partial charge is 0.493 e. The third kappa shape index (κ3) is 4.53. The molecule has 1 aromatic carbocycles. The minimum absolute atomic E-state index is 0.108. The molecule has 1 atom stereocenters. The van der Waals surface area contributed by atoms with E-state index < -0.39 is 0 Å². The van der Waals surface area contributed by atoms with E-state index in [0.29, 0.717) is 44.0 Å². The van der Waals surface area contributed by atoms with E-state index in [0.717, 1.165) is 0 Å². The molecule has 1 fully saturated rings. The summed E-state index contributed by atoms with van der Waals surface area (Å²) >= 11 is 0. The Morgan fingerprint density at radius 1 is 1.36 bits per heavy atom. The van der Waals surface area contributed by atoms with Crippen molar-refractivity contribution in [3.63, 3.8) is 0 Å². The average molecular weight is 308 g/mol. The number of benzene rings is 1. The molecule has 1 heterocycles. The second-order valence-electron chi connectivity index (χ2n) is 5.53. The van der Waals surface area contributed by atoms with Gasteiger partial charge in [-0.1, -0.05) is 12.1 Å². The number of aliphatic hydroxyl groups excluding tert-OH is 1. The lowest BCUT2D eigenvalue weighted by atomic mass is 10.1. The molecule has 2 amide bonds. The molecular weight excluding hydrogens is 284 g/mol. The van der Waals surface area contributed by atoms with Gasteiger partial charge >= 0.3 is 6.03 Å². The van der Waals surface area contributed by atoms with Crippen molar-refractivity contribution < 1.29 is 19.4 Å². The number of aliphatic hydroxyl groups is 1. The van der Waals surface area contributed by atoms with Crippen molar-refractivity contribution >= 4 is 6.03 Å². The first-order valence-electron chi connectivity index (χ1n) is 7.59. The lowest BCUT2D eigenvalue weighted by Gasteiger charge is -2.30. The first-order chi connectivity index (χ1) is 10.6. The molecule has 0 aromatic heterocycles. The van der Waals surface area contributed by atoms with E-state index >= 15 is 0 Å². The number of hydrogen-bond donors (Lipinski definition) is 2. The summed E-state index contributed by atoms with van der Waals surface area (Å²) in [5.74, 6) is 1.33. The summed E-state index contributed by atoms with van der Waals surface area (Å²) in [6.45, 7) is 3.44.